The molecule has 0 aliphatic carbocycles. The smallest absolute Gasteiger partial charge is 0.250 e. The summed E-state index contributed by atoms with van der Waals surface area (Å²) < 4.78 is 14.9. The van der Waals surface area contributed by atoms with Crippen molar-refractivity contribution in [1.82, 2.24) is 14.4 Å². The lowest BCUT2D eigenvalue weighted by Crippen LogP contribution is -2.49. The predicted molar refractivity (Wildman–Crippen MR) is 112 cm³/mol. The molecule has 1 aromatic carbocycles. The number of amides is 1. The Labute approximate surface area is 172 Å². The Morgan fingerprint density at radius 2 is 1.83 bits per heavy atom. The third-order valence-electron chi connectivity index (χ3n) is 5.08. The first-order chi connectivity index (χ1) is 14.1. The SMILES string of the molecule is O=C(Cn1ccccc1=O)N1CCN(Cc2ccc(-c3cccc(F)c3)s2)CC1. The summed E-state index contributed by atoms with van der Waals surface area (Å²) in [4.78, 5) is 30.7. The average molecular weight is 412 g/mol. The predicted octanol–water partition coefficient (Wildman–Crippen LogP) is 3.06. The van der Waals surface area contributed by atoms with Crippen molar-refractivity contribution in [3.8, 4) is 10.4 Å². The van der Waals surface area contributed by atoms with Gasteiger partial charge in [-0.25, -0.2) is 4.39 Å². The van der Waals surface area contributed by atoms with Crippen molar-refractivity contribution in [1.29, 1.82) is 0 Å². The molecule has 3 aromatic rings. The van der Waals surface area contributed by atoms with E-state index in [2.05, 4.69) is 11.0 Å². The molecular formula is C22H22FN3O2S. The number of pyridine rings is 1. The van der Waals surface area contributed by atoms with E-state index >= 15 is 0 Å². The largest absolute Gasteiger partial charge is 0.339 e. The summed E-state index contributed by atoms with van der Waals surface area (Å²) in [5.41, 5.74) is 0.735. The molecule has 1 aliphatic rings. The number of thiophene rings is 1. The molecule has 4 rings (SSSR count). The molecule has 0 saturated carbocycles. The second kappa shape index (κ2) is 8.71. The number of carbonyl (C=O) groups is 1. The van der Waals surface area contributed by atoms with Gasteiger partial charge < -0.3 is 9.47 Å². The number of rotatable bonds is 5. The average Bonchev–Trinajstić information content (AvgIpc) is 3.19. The molecule has 0 radical (unpaired) electrons. The van der Waals surface area contributed by atoms with E-state index in [1.165, 1.54) is 21.6 Å². The molecule has 0 unspecified atom stereocenters. The van der Waals surface area contributed by atoms with Crippen LogP contribution in [-0.2, 0) is 17.9 Å². The van der Waals surface area contributed by atoms with Crippen LogP contribution >= 0.6 is 11.3 Å². The van der Waals surface area contributed by atoms with Crippen LogP contribution in [0.3, 0.4) is 0 Å². The van der Waals surface area contributed by atoms with Crippen LogP contribution in [0.2, 0.25) is 0 Å². The molecule has 0 atom stereocenters. The second-order valence-electron chi connectivity index (χ2n) is 7.10. The highest BCUT2D eigenvalue weighted by atomic mass is 32.1. The summed E-state index contributed by atoms with van der Waals surface area (Å²) in [6, 6.07) is 15.7. The zero-order valence-electron chi connectivity index (χ0n) is 16.0. The molecule has 29 heavy (non-hydrogen) atoms. The van der Waals surface area contributed by atoms with E-state index in [9.17, 15) is 14.0 Å². The van der Waals surface area contributed by atoms with E-state index in [0.29, 0.717) is 13.1 Å². The summed E-state index contributed by atoms with van der Waals surface area (Å²) in [5, 5.41) is 0. The number of nitrogens with zero attached hydrogens (tertiary/aromatic N) is 3. The summed E-state index contributed by atoms with van der Waals surface area (Å²) >= 11 is 1.67. The zero-order chi connectivity index (χ0) is 20.2. The molecule has 1 saturated heterocycles. The van der Waals surface area contributed by atoms with Crippen LogP contribution in [0, 0.1) is 5.82 Å². The highest BCUT2D eigenvalue weighted by Crippen LogP contribution is 2.29. The first kappa shape index (κ1) is 19.5. The number of hydrogen-bond acceptors (Lipinski definition) is 4. The van der Waals surface area contributed by atoms with Crippen LogP contribution in [-0.4, -0.2) is 46.5 Å². The fourth-order valence-electron chi connectivity index (χ4n) is 3.47. The standard InChI is InChI=1S/C22H22FN3O2S/c23-18-5-3-4-17(14-18)20-8-7-19(29-20)15-24-10-12-25(13-11-24)22(28)16-26-9-2-1-6-21(26)27/h1-9,14H,10-13,15-16H2. The molecule has 150 valence electrons. The van der Waals surface area contributed by atoms with Gasteiger partial charge in [-0.1, -0.05) is 18.2 Å². The van der Waals surface area contributed by atoms with Gasteiger partial charge in [-0.15, -0.1) is 11.3 Å². The Kier molecular flexibility index (Phi) is 5.87. The van der Waals surface area contributed by atoms with Gasteiger partial charge in [-0.05, 0) is 35.9 Å². The second-order valence-corrected chi connectivity index (χ2v) is 8.27. The van der Waals surface area contributed by atoms with Gasteiger partial charge in [0.15, 0.2) is 0 Å². The maximum absolute atomic E-state index is 13.4. The monoisotopic (exact) mass is 411 g/mol. The Morgan fingerprint density at radius 1 is 1.00 bits per heavy atom. The van der Waals surface area contributed by atoms with Crippen LogP contribution in [0.25, 0.3) is 10.4 Å². The van der Waals surface area contributed by atoms with Crippen LogP contribution in [0.1, 0.15) is 4.88 Å². The van der Waals surface area contributed by atoms with E-state index in [1.807, 2.05) is 17.0 Å². The van der Waals surface area contributed by atoms with Crippen molar-refractivity contribution in [2.45, 2.75) is 13.1 Å². The number of halogens is 1. The number of carbonyl (C=O) groups excluding carboxylic acids is 1. The van der Waals surface area contributed by atoms with E-state index in [-0.39, 0.29) is 23.8 Å². The summed E-state index contributed by atoms with van der Waals surface area (Å²) in [6.45, 7) is 3.80. The van der Waals surface area contributed by atoms with Crippen molar-refractivity contribution in [2.75, 3.05) is 26.2 Å². The third kappa shape index (κ3) is 4.81. The van der Waals surface area contributed by atoms with Crippen LogP contribution in [0.5, 0.6) is 0 Å². The van der Waals surface area contributed by atoms with Gasteiger partial charge in [0.2, 0.25) is 5.91 Å². The number of hydrogen-bond donors (Lipinski definition) is 0. The molecule has 0 spiro atoms. The summed E-state index contributed by atoms with van der Waals surface area (Å²) in [7, 11) is 0. The Hall–Kier alpha value is -2.77. The van der Waals surface area contributed by atoms with Gasteiger partial charge in [-0.2, -0.15) is 0 Å². The highest BCUT2D eigenvalue weighted by Gasteiger charge is 2.21. The van der Waals surface area contributed by atoms with E-state index in [0.717, 1.165) is 30.1 Å². The van der Waals surface area contributed by atoms with E-state index < -0.39 is 0 Å². The van der Waals surface area contributed by atoms with Gasteiger partial charge in [0, 0.05) is 54.7 Å². The lowest BCUT2D eigenvalue weighted by Gasteiger charge is -2.34. The molecule has 0 bridgehead atoms. The highest BCUT2D eigenvalue weighted by molar-refractivity contribution is 7.15. The van der Waals surface area contributed by atoms with Crippen molar-refractivity contribution in [3.05, 3.63) is 81.8 Å². The molecule has 1 aliphatic heterocycles. The minimum Gasteiger partial charge on any atom is -0.339 e. The van der Waals surface area contributed by atoms with Gasteiger partial charge >= 0.3 is 0 Å². The lowest BCUT2D eigenvalue weighted by molar-refractivity contribution is -0.133. The third-order valence-corrected chi connectivity index (χ3v) is 6.20. The first-order valence-corrected chi connectivity index (χ1v) is 10.4. The van der Waals surface area contributed by atoms with Gasteiger partial charge in [0.25, 0.3) is 5.56 Å². The Morgan fingerprint density at radius 3 is 2.59 bits per heavy atom. The number of benzene rings is 1. The minimum atomic E-state index is -0.226. The maximum atomic E-state index is 13.4. The number of piperazine rings is 1. The lowest BCUT2D eigenvalue weighted by atomic mass is 10.2. The maximum Gasteiger partial charge on any atom is 0.250 e. The minimum absolute atomic E-state index is 0.0255. The summed E-state index contributed by atoms with van der Waals surface area (Å²) in [5.74, 6) is -0.251. The van der Waals surface area contributed by atoms with E-state index in [1.54, 1.807) is 41.8 Å². The van der Waals surface area contributed by atoms with Crippen molar-refractivity contribution in [2.24, 2.45) is 0 Å². The van der Waals surface area contributed by atoms with Gasteiger partial charge in [0.1, 0.15) is 12.4 Å². The molecule has 0 N–H and O–H groups in total. The molecule has 1 fully saturated rings. The summed E-state index contributed by atoms with van der Waals surface area (Å²) in [6.07, 6.45) is 1.64. The van der Waals surface area contributed by atoms with Crippen molar-refractivity contribution < 1.29 is 9.18 Å². The van der Waals surface area contributed by atoms with Crippen LogP contribution < -0.4 is 5.56 Å². The number of aromatic nitrogens is 1. The van der Waals surface area contributed by atoms with Gasteiger partial charge in [-0.3, -0.25) is 14.5 Å². The van der Waals surface area contributed by atoms with Gasteiger partial charge in [0.05, 0.1) is 0 Å². The van der Waals surface area contributed by atoms with E-state index in [4.69, 9.17) is 0 Å². The van der Waals surface area contributed by atoms with Crippen molar-refractivity contribution >= 4 is 17.2 Å². The van der Waals surface area contributed by atoms with Crippen LogP contribution in [0.4, 0.5) is 4.39 Å². The Balaban J connectivity index is 1.31. The zero-order valence-corrected chi connectivity index (χ0v) is 16.8. The Bertz CT molecular complexity index is 1050. The molecule has 7 heteroatoms. The molecule has 5 nitrogen and oxygen atoms in total. The normalized spacial score (nSPS) is 14.9. The molecule has 1 amide bonds. The quantitative estimate of drug-likeness (QED) is 0.648. The topological polar surface area (TPSA) is 45.6 Å². The molecule has 3 heterocycles. The fraction of sp³-hybridized carbons (Fsp3) is 0.273. The first-order valence-electron chi connectivity index (χ1n) is 9.59. The van der Waals surface area contributed by atoms with Crippen molar-refractivity contribution in [3.63, 3.8) is 0 Å². The fourth-order valence-corrected chi connectivity index (χ4v) is 4.52. The molecular weight excluding hydrogens is 389 g/mol. The molecule has 2 aromatic heterocycles. The van der Waals surface area contributed by atoms with Crippen LogP contribution in [0.15, 0.2) is 65.6 Å².